The van der Waals surface area contributed by atoms with Gasteiger partial charge in [-0.15, -0.1) is 0 Å². The monoisotopic (exact) mass is 424 g/mol. The zero-order valence-electron chi connectivity index (χ0n) is 13.7. The van der Waals surface area contributed by atoms with Crippen molar-refractivity contribution in [1.82, 2.24) is 0 Å². The van der Waals surface area contributed by atoms with Crippen LogP contribution >= 0.6 is 31.3 Å². The van der Waals surface area contributed by atoms with E-state index in [4.69, 9.17) is 22.6 Å². The molecule has 0 aromatic heterocycles. The molecular formula is C12H27BrO7P2. The number of rotatable bonds is 14. The molecule has 0 spiro atoms. The van der Waals surface area contributed by atoms with Crippen LogP contribution in [-0.2, 0) is 31.7 Å². The fourth-order valence-corrected chi connectivity index (χ4v) is 5.64. The molecule has 0 heterocycles. The summed E-state index contributed by atoms with van der Waals surface area (Å²) < 4.78 is 51.7. The molecule has 0 rings (SSSR count). The van der Waals surface area contributed by atoms with Crippen LogP contribution in [0.15, 0.2) is 0 Å². The zero-order chi connectivity index (χ0) is 17.1. The Kier molecular flexibility index (Phi) is 12.6. The smallest absolute Gasteiger partial charge is 0.307 e. The molecule has 0 N–H and O–H groups in total. The number of phosphoric ester groups is 1. The second kappa shape index (κ2) is 12.2. The number of alkyl halides is 1. The lowest BCUT2D eigenvalue weighted by Crippen LogP contribution is -2.18. The van der Waals surface area contributed by atoms with Gasteiger partial charge in [-0.25, -0.2) is 4.57 Å². The van der Waals surface area contributed by atoms with Crippen LogP contribution in [0.25, 0.3) is 0 Å². The Bertz CT molecular complexity index is 360. The van der Waals surface area contributed by atoms with Crippen molar-refractivity contribution in [2.24, 2.45) is 0 Å². The van der Waals surface area contributed by atoms with Gasteiger partial charge in [0.25, 0.3) is 0 Å². The minimum absolute atomic E-state index is 0.149. The van der Waals surface area contributed by atoms with Crippen LogP contribution in [0, 0.1) is 0 Å². The first-order valence-electron chi connectivity index (χ1n) is 7.43. The van der Waals surface area contributed by atoms with E-state index >= 15 is 0 Å². The molecule has 0 saturated carbocycles. The molecule has 0 aliphatic heterocycles. The largest absolute Gasteiger partial charge is 0.475 e. The van der Waals surface area contributed by atoms with E-state index in [1.54, 1.807) is 27.7 Å². The highest BCUT2D eigenvalue weighted by Crippen LogP contribution is 2.62. The van der Waals surface area contributed by atoms with Crippen molar-refractivity contribution in [2.45, 2.75) is 46.4 Å². The lowest BCUT2D eigenvalue weighted by molar-refractivity contribution is 0.0862. The zero-order valence-corrected chi connectivity index (χ0v) is 17.0. The van der Waals surface area contributed by atoms with E-state index in [1.807, 2.05) is 0 Å². The fraction of sp³-hybridized carbons (Fsp3) is 1.00. The standard InChI is InChI=1S/C12H27BrO7P2/c1-5-16-21(14,17-6-2)12(10-9-11-13)20-22(15,18-7-3)19-8-4/h12H,5-11H2,1-4H3. The van der Waals surface area contributed by atoms with Gasteiger partial charge in [0.05, 0.1) is 26.4 Å². The number of hydrogen-bond acceptors (Lipinski definition) is 7. The van der Waals surface area contributed by atoms with Gasteiger partial charge in [0, 0.05) is 5.33 Å². The van der Waals surface area contributed by atoms with Crippen molar-refractivity contribution in [3.8, 4) is 0 Å². The van der Waals surface area contributed by atoms with Crippen LogP contribution in [0.3, 0.4) is 0 Å². The second-order valence-electron chi connectivity index (χ2n) is 4.05. The van der Waals surface area contributed by atoms with Crippen molar-refractivity contribution in [3.05, 3.63) is 0 Å². The molecule has 10 heteroatoms. The third-order valence-corrected chi connectivity index (χ3v) is 7.07. The molecule has 7 nitrogen and oxygen atoms in total. The molecule has 1 unspecified atom stereocenters. The predicted octanol–water partition coefficient (Wildman–Crippen LogP) is 4.95. The normalized spacial score (nSPS) is 14.2. The summed E-state index contributed by atoms with van der Waals surface area (Å²) in [7, 11) is -7.39. The maximum absolute atomic E-state index is 12.9. The van der Waals surface area contributed by atoms with Gasteiger partial charge in [-0.1, -0.05) is 15.9 Å². The minimum atomic E-state index is -3.81. The highest BCUT2D eigenvalue weighted by Gasteiger charge is 2.42. The van der Waals surface area contributed by atoms with Crippen molar-refractivity contribution in [3.63, 3.8) is 0 Å². The van der Waals surface area contributed by atoms with Gasteiger partial charge in [0.2, 0.25) is 0 Å². The van der Waals surface area contributed by atoms with E-state index in [9.17, 15) is 9.13 Å². The molecule has 0 bridgehead atoms. The van der Waals surface area contributed by atoms with Crippen molar-refractivity contribution in [2.75, 3.05) is 31.8 Å². The highest BCUT2D eigenvalue weighted by molar-refractivity contribution is 9.09. The van der Waals surface area contributed by atoms with Gasteiger partial charge in [-0.3, -0.25) is 18.1 Å². The van der Waals surface area contributed by atoms with Gasteiger partial charge in [0.15, 0.2) is 5.85 Å². The first-order chi connectivity index (χ1) is 10.4. The summed E-state index contributed by atoms with van der Waals surface area (Å²) in [4.78, 5) is 0. The Hall–Kier alpha value is 0.740. The Labute approximate surface area is 141 Å². The summed E-state index contributed by atoms with van der Waals surface area (Å²) in [5, 5.41) is 0.679. The van der Waals surface area contributed by atoms with E-state index in [1.165, 1.54) is 0 Å². The second-order valence-corrected chi connectivity index (χ2v) is 8.64. The lowest BCUT2D eigenvalue weighted by atomic mass is 10.4. The van der Waals surface area contributed by atoms with Crippen LogP contribution in [0.1, 0.15) is 40.5 Å². The Morgan fingerprint density at radius 1 is 0.864 bits per heavy atom. The van der Waals surface area contributed by atoms with Crippen molar-refractivity contribution >= 4 is 31.3 Å². The molecule has 0 aliphatic rings. The summed E-state index contributed by atoms with van der Waals surface area (Å²) >= 11 is 3.31. The molecule has 0 aromatic rings. The summed E-state index contributed by atoms with van der Waals surface area (Å²) in [6.45, 7) is 7.44. The molecule has 0 aliphatic carbocycles. The van der Waals surface area contributed by atoms with Gasteiger partial charge in [-0.2, -0.15) is 0 Å². The summed E-state index contributed by atoms with van der Waals surface area (Å²) in [5.41, 5.74) is 0. The van der Waals surface area contributed by atoms with E-state index in [0.717, 1.165) is 0 Å². The molecule has 22 heavy (non-hydrogen) atoms. The summed E-state index contributed by atoms with van der Waals surface area (Å²) in [6, 6.07) is 0. The minimum Gasteiger partial charge on any atom is -0.307 e. The first-order valence-corrected chi connectivity index (χ1v) is 11.6. The van der Waals surface area contributed by atoms with Crippen molar-refractivity contribution in [1.29, 1.82) is 0 Å². The van der Waals surface area contributed by atoms with Crippen LogP contribution in [0.2, 0.25) is 0 Å². The van der Waals surface area contributed by atoms with Gasteiger partial charge < -0.3 is 9.05 Å². The SMILES string of the molecule is CCOP(=O)(OCC)OC(CCCBr)P(=O)(OCC)OCC. The van der Waals surface area contributed by atoms with Crippen molar-refractivity contribution < 1.29 is 31.7 Å². The quantitative estimate of drug-likeness (QED) is 0.288. The maximum Gasteiger partial charge on any atom is 0.475 e. The lowest BCUT2D eigenvalue weighted by Gasteiger charge is -2.28. The summed E-state index contributed by atoms with van der Waals surface area (Å²) in [5.74, 6) is -1.01. The fourth-order valence-electron chi connectivity index (χ4n) is 1.65. The van der Waals surface area contributed by atoms with E-state index in [0.29, 0.717) is 18.2 Å². The van der Waals surface area contributed by atoms with E-state index in [-0.39, 0.29) is 26.4 Å². The van der Waals surface area contributed by atoms with Crippen LogP contribution in [0.4, 0.5) is 0 Å². The molecule has 0 radical (unpaired) electrons. The Balaban J connectivity index is 5.30. The molecular weight excluding hydrogens is 398 g/mol. The Morgan fingerprint density at radius 2 is 1.32 bits per heavy atom. The number of halogens is 1. The van der Waals surface area contributed by atoms with Crippen LogP contribution < -0.4 is 0 Å². The molecule has 1 atom stereocenters. The average molecular weight is 425 g/mol. The number of hydrogen-bond donors (Lipinski definition) is 0. The van der Waals surface area contributed by atoms with E-state index < -0.39 is 21.3 Å². The third kappa shape index (κ3) is 8.02. The van der Waals surface area contributed by atoms with Gasteiger partial charge in [0.1, 0.15) is 0 Å². The van der Waals surface area contributed by atoms with E-state index in [2.05, 4.69) is 15.9 Å². The highest BCUT2D eigenvalue weighted by atomic mass is 79.9. The van der Waals surface area contributed by atoms with Gasteiger partial charge >= 0.3 is 15.4 Å². The molecule has 0 aromatic carbocycles. The molecule has 0 amide bonds. The average Bonchev–Trinajstić information content (AvgIpc) is 2.44. The first kappa shape index (κ1) is 22.7. The molecule has 0 saturated heterocycles. The van der Waals surface area contributed by atoms with Gasteiger partial charge in [-0.05, 0) is 40.5 Å². The summed E-state index contributed by atoms with van der Waals surface area (Å²) in [6.07, 6.45) is 0.986. The molecule has 0 fully saturated rings. The Morgan fingerprint density at radius 3 is 1.68 bits per heavy atom. The number of phosphoric acid groups is 1. The molecule has 134 valence electrons. The van der Waals surface area contributed by atoms with Crippen LogP contribution in [0.5, 0.6) is 0 Å². The van der Waals surface area contributed by atoms with Crippen LogP contribution in [-0.4, -0.2) is 37.6 Å². The topological polar surface area (TPSA) is 80.3 Å². The predicted molar refractivity (Wildman–Crippen MR) is 89.6 cm³/mol. The maximum atomic E-state index is 12.9. The third-order valence-electron chi connectivity index (χ3n) is 2.38.